The first-order chi connectivity index (χ1) is 15.7. The lowest BCUT2D eigenvalue weighted by molar-refractivity contribution is -0.323. The van der Waals surface area contributed by atoms with E-state index in [4.69, 9.17) is 18.9 Å². The zero-order chi connectivity index (χ0) is 24.3. The summed E-state index contributed by atoms with van der Waals surface area (Å²) in [5.74, 6) is -0.718. The Bertz CT molecular complexity index is 789. The van der Waals surface area contributed by atoms with E-state index < -0.39 is 80.6 Å². The van der Waals surface area contributed by atoms with Crippen molar-refractivity contribution in [2.45, 2.75) is 61.4 Å². The predicted molar refractivity (Wildman–Crippen MR) is 105 cm³/mol. The molecule has 0 unspecified atom stereocenters. The minimum Gasteiger partial charge on any atom is -0.465 e. The lowest BCUT2D eigenvalue weighted by Gasteiger charge is -2.42. The summed E-state index contributed by atoms with van der Waals surface area (Å²) >= 11 is 0. The number of hydrogen-bond donors (Lipinski definition) is 7. The summed E-state index contributed by atoms with van der Waals surface area (Å²) in [5, 5.41) is 69.8. The van der Waals surface area contributed by atoms with Crippen molar-refractivity contribution in [3.05, 3.63) is 29.8 Å². The van der Waals surface area contributed by atoms with Crippen molar-refractivity contribution in [1.82, 2.24) is 0 Å². The highest BCUT2D eigenvalue weighted by Gasteiger charge is 2.48. The quantitative estimate of drug-likeness (QED) is 0.191. The lowest BCUT2D eigenvalue weighted by atomic mass is 9.98. The Morgan fingerprint density at radius 2 is 1.42 bits per heavy atom. The average Bonchev–Trinajstić information content (AvgIpc) is 2.83. The molecule has 33 heavy (non-hydrogen) atoms. The van der Waals surface area contributed by atoms with Crippen molar-refractivity contribution in [2.24, 2.45) is 0 Å². The zero-order valence-electron chi connectivity index (χ0n) is 17.6. The molecule has 0 aromatic heterocycles. The molecule has 0 radical (unpaired) electrons. The number of rotatable bonds is 7. The molecule has 2 aliphatic heterocycles. The highest BCUT2D eigenvalue weighted by molar-refractivity contribution is 5.92. The fourth-order valence-electron chi connectivity index (χ4n) is 3.52. The predicted octanol–water partition coefficient (Wildman–Crippen LogP) is -3.52. The Morgan fingerprint density at radius 1 is 0.848 bits per heavy atom. The van der Waals surface area contributed by atoms with E-state index in [1.165, 1.54) is 19.2 Å². The molecule has 1 aromatic rings. The van der Waals surface area contributed by atoms with Gasteiger partial charge in [0.15, 0.2) is 6.29 Å². The number of aliphatic hydroxyl groups excluding tert-OH is 7. The monoisotopic (exact) mass is 476 g/mol. The molecule has 1 aromatic carbocycles. The SMILES string of the molecule is COC(=O)c1ccccc1O[C@@H]1O[C@H](CO[C@@H]2O[C@H](CO)[C@H](O)[C@H](O)[C@H]2O)[C@@H](O)[C@H](O)[C@H]1O. The topological polar surface area (TPSA) is 205 Å². The molecule has 13 nitrogen and oxygen atoms in total. The molecule has 2 fully saturated rings. The molecule has 10 atom stereocenters. The maximum atomic E-state index is 11.9. The molecule has 2 saturated heterocycles. The van der Waals surface area contributed by atoms with Crippen LogP contribution in [-0.2, 0) is 18.9 Å². The van der Waals surface area contributed by atoms with Crippen molar-refractivity contribution in [3.63, 3.8) is 0 Å². The first kappa shape index (κ1) is 25.7. The van der Waals surface area contributed by atoms with Crippen LogP contribution >= 0.6 is 0 Å². The van der Waals surface area contributed by atoms with Gasteiger partial charge in [0, 0.05) is 0 Å². The normalized spacial score (nSPS) is 39.2. The fourth-order valence-corrected chi connectivity index (χ4v) is 3.52. The third kappa shape index (κ3) is 5.44. The highest BCUT2D eigenvalue weighted by Crippen LogP contribution is 2.28. The van der Waals surface area contributed by atoms with Gasteiger partial charge in [0.2, 0.25) is 6.29 Å². The summed E-state index contributed by atoms with van der Waals surface area (Å²) in [5.41, 5.74) is 0.0329. The fraction of sp³-hybridized carbons (Fsp3) is 0.650. The van der Waals surface area contributed by atoms with Crippen LogP contribution in [-0.4, -0.2) is 123 Å². The van der Waals surface area contributed by atoms with Gasteiger partial charge in [-0.3, -0.25) is 0 Å². The van der Waals surface area contributed by atoms with Gasteiger partial charge in [-0.1, -0.05) is 12.1 Å². The molecule has 2 heterocycles. The smallest absolute Gasteiger partial charge is 0.341 e. The molecular formula is C20H28O13. The van der Waals surface area contributed by atoms with E-state index in [0.717, 1.165) is 0 Å². The molecule has 3 rings (SSSR count). The number of methoxy groups -OCH3 is 1. The van der Waals surface area contributed by atoms with Crippen LogP contribution in [0.2, 0.25) is 0 Å². The van der Waals surface area contributed by atoms with Gasteiger partial charge in [-0.25, -0.2) is 4.79 Å². The van der Waals surface area contributed by atoms with E-state index in [-0.39, 0.29) is 11.3 Å². The van der Waals surface area contributed by atoms with Gasteiger partial charge < -0.3 is 59.4 Å². The standard InChI is InChI=1S/C20H28O13/c1-29-18(28)8-4-2-3-5-9(8)31-20-17(27)15(25)13(23)11(33-20)7-30-19-16(26)14(24)12(22)10(6-21)32-19/h2-5,10-17,19-27H,6-7H2,1H3/t10-,11-,12+,13-,14+,15+,16-,17-,19-,20-/m1/s1. The van der Waals surface area contributed by atoms with E-state index in [1.54, 1.807) is 12.1 Å². The molecule has 0 amide bonds. The zero-order valence-corrected chi connectivity index (χ0v) is 17.6. The Kier molecular flexibility index (Phi) is 8.58. The Balaban J connectivity index is 1.69. The Labute approximate surface area is 188 Å². The van der Waals surface area contributed by atoms with Gasteiger partial charge in [0.05, 0.1) is 20.3 Å². The molecule has 186 valence electrons. The number of para-hydroxylation sites is 1. The molecule has 0 spiro atoms. The highest BCUT2D eigenvalue weighted by atomic mass is 16.7. The first-order valence-corrected chi connectivity index (χ1v) is 10.1. The van der Waals surface area contributed by atoms with Gasteiger partial charge >= 0.3 is 5.97 Å². The van der Waals surface area contributed by atoms with E-state index >= 15 is 0 Å². The van der Waals surface area contributed by atoms with Crippen LogP contribution in [0.3, 0.4) is 0 Å². The largest absolute Gasteiger partial charge is 0.465 e. The maximum absolute atomic E-state index is 11.9. The van der Waals surface area contributed by atoms with E-state index in [0.29, 0.717) is 0 Å². The maximum Gasteiger partial charge on any atom is 0.341 e. The summed E-state index contributed by atoms with van der Waals surface area (Å²) in [6.07, 6.45) is -15.5. The average molecular weight is 476 g/mol. The number of aliphatic hydroxyl groups is 7. The number of esters is 1. The van der Waals surface area contributed by atoms with Crippen molar-refractivity contribution in [2.75, 3.05) is 20.3 Å². The van der Waals surface area contributed by atoms with Crippen LogP contribution in [0.4, 0.5) is 0 Å². The molecule has 0 saturated carbocycles. The van der Waals surface area contributed by atoms with Crippen LogP contribution in [0.1, 0.15) is 10.4 Å². The summed E-state index contributed by atoms with van der Waals surface area (Å²) in [4.78, 5) is 11.9. The molecular weight excluding hydrogens is 448 g/mol. The lowest BCUT2D eigenvalue weighted by Crippen LogP contribution is -2.62. The van der Waals surface area contributed by atoms with Gasteiger partial charge in [0.25, 0.3) is 0 Å². The van der Waals surface area contributed by atoms with E-state index in [2.05, 4.69) is 4.74 Å². The van der Waals surface area contributed by atoms with Crippen LogP contribution < -0.4 is 4.74 Å². The van der Waals surface area contributed by atoms with Gasteiger partial charge in [-0.05, 0) is 12.1 Å². The van der Waals surface area contributed by atoms with Crippen molar-refractivity contribution >= 4 is 5.97 Å². The van der Waals surface area contributed by atoms with Crippen LogP contribution in [0.15, 0.2) is 24.3 Å². The van der Waals surface area contributed by atoms with Gasteiger partial charge in [-0.2, -0.15) is 0 Å². The van der Waals surface area contributed by atoms with Crippen LogP contribution in [0, 0.1) is 0 Å². The summed E-state index contributed by atoms with van der Waals surface area (Å²) in [6.45, 7) is -1.17. The summed E-state index contributed by atoms with van der Waals surface area (Å²) in [6, 6.07) is 5.95. The van der Waals surface area contributed by atoms with Crippen LogP contribution in [0.5, 0.6) is 5.75 Å². The number of carbonyl (C=O) groups is 1. The number of hydrogen-bond acceptors (Lipinski definition) is 13. The van der Waals surface area contributed by atoms with E-state index in [9.17, 15) is 40.5 Å². The number of ether oxygens (including phenoxy) is 5. The Morgan fingerprint density at radius 3 is 2.06 bits per heavy atom. The Hall–Kier alpha value is -1.91. The second kappa shape index (κ2) is 11.0. The van der Waals surface area contributed by atoms with Crippen molar-refractivity contribution in [1.29, 1.82) is 0 Å². The number of carbonyl (C=O) groups excluding carboxylic acids is 1. The second-order valence-electron chi connectivity index (χ2n) is 7.65. The summed E-state index contributed by atoms with van der Waals surface area (Å²) in [7, 11) is 1.18. The first-order valence-electron chi connectivity index (χ1n) is 10.1. The third-order valence-corrected chi connectivity index (χ3v) is 5.48. The van der Waals surface area contributed by atoms with Crippen molar-refractivity contribution < 1.29 is 64.2 Å². The number of benzene rings is 1. The second-order valence-corrected chi connectivity index (χ2v) is 7.65. The minimum atomic E-state index is -1.72. The molecule has 0 bridgehead atoms. The third-order valence-electron chi connectivity index (χ3n) is 5.48. The summed E-state index contributed by atoms with van der Waals surface area (Å²) < 4.78 is 26.3. The minimum absolute atomic E-state index is 0.00871. The van der Waals surface area contributed by atoms with Gasteiger partial charge in [-0.15, -0.1) is 0 Å². The van der Waals surface area contributed by atoms with Crippen LogP contribution in [0.25, 0.3) is 0 Å². The van der Waals surface area contributed by atoms with E-state index in [1.807, 2.05) is 0 Å². The molecule has 7 N–H and O–H groups in total. The van der Waals surface area contributed by atoms with Crippen molar-refractivity contribution in [3.8, 4) is 5.75 Å². The van der Waals surface area contributed by atoms with Gasteiger partial charge in [0.1, 0.15) is 60.1 Å². The molecule has 2 aliphatic rings. The molecule has 0 aliphatic carbocycles. The molecule has 13 heteroatoms.